The number of fused-ring (bicyclic) bond motifs is 1. The molecule has 1 aliphatic rings. The van der Waals surface area contributed by atoms with Crippen LogP contribution in [0.3, 0.4) is 0 Å². The molecule has 5 rings (SSSR count). The molecule has 8 heteroatoms. The van der Waals surface area contributed by atoms with E-state index in [-0.39, 0.29) is 11.9 Å². The first-order valence-corrected chi connectivity index (χ1v) is 11.5. The van der Waals surface area contributed by atoms with Crippen molar-refractivity contribution >= 4 is 23.2 Å². The summed E-state index contributed by atoms with van der Waals surface area (Å²) >= 11 is 0. The van der Waals surface area contributed by atoms with Crippen LogP contribution in [0.5, 0.6) is 0 Å². The number of anilines is 3. The topological polar surface area (TPSA) is 109 Å². The number of pyridine rings is 1. The average Bonchev–Trinajstić information content (AvgIpc) is 2.86. The second-order valence-corrected chi connectivity index (χ2v) is 8.83. The molecule has 1 atom stereocenters. The van der Waals surface area contributed by atoms with Crippen LogP contribution >= 0.6 is 0 Å². The third-order valence-electron chi connectivity index (χ3n) is 6.11. The number of hydrogen-bond acceptors (Lipinski definition) is 7. The monoisotopic (exact) mass is 465 g/mol. The first-order chi connectivity index (χ1) is 17.0. The van der Waals surface area contributed by atoms with Gasteiger partial charge < -0.3 is 21.3 Å². The number of aryl methyl sites for hydroxylation is 1. The third kappa shape index (κ3) is 5.03. The summed E-state index contributed by atoms with van der Waals surface area (Å²) in [7, 11) is 2.03. The molecule has 0 saturated carbocycles. The highest BCUT2D eigenvalue weighted by atomic mass is 16.1. The summed E-state index contributed by atoms with van der Waals surface area (Å²) in [5.41, 5.74) is 13.2. The number of benzene rings is 2. The van der Waals surface area contributed by atoms with Crippen LogP contribution in [0.4, 0.5) is 17.3 Å². The summed E-state index contributed by atoms with van der Waals surface area (Å²) in [6, 6.07) is 17.1. The standard InChI is InChI=1S/C27H27N7O/c1-17-5-7-21(31-26(35)18-6-8-22-20(12-18)15-34(2)16-23(22)28)13-25(17)33-27-30-11-9-24(32-27)19-4-3-10-29-14-19/h3-14,23H,15-16,28H2,1-2H3,(H,31,35)(H,30,32,33). The zero-order valence-electron chi connectivity index (χ0n) is 19.7. The maximum absolute atomic E-state index is 13.0. The van der Waals surface area contributed by atoms with Crippen molar-refractivity contribution in [3.05, 3.63) is 95.4 Å². The second-order valence-electron chi connectivity index (χ2n) is 8.83. The Hall–Kier alpha value is -4.14. The largest absolute Gasteiger partial charge is 0.324 e. The molecule has 0 bridgehead atoms. The van der Waals surface area contributed by atoms with Crippen LogP contribution in [0.25, 0.3) is 11.3 Å². The van der Waals surface area contributed by atoms with Crippen molar-refractivity contribution < 1.29 is 4.79 Å². The molecule has 4 N–H and O–H groups in total. The molecule has 0 radical (unpaired) electrons. The SMILES string of the molecule is Cc1ccc(NC(=O)c2ccc3c(c2)CN(C)CC3N)cc1Nc1nccc(-c2cccnc2)n1. The van der Waals surface area contributed by atoms with E-state index in [1.165, 1.54) is 0 Å². The minimum atomic E-state index is -0.167. The molecule has 0 fully saturated rings. The lowest BCUT2D eigenvalue weighted by Gasteiger charge is -2.30. The number of carbonyl (C=O) groups excluding carboxylic acids is 1. The number of carbonyl (C=O) groups is 1. The first kappa shape index (κ1) is 22.6. The van der Waals surface area contributed by atoms with E-state index in [1.54, 1.807) is 18.6 Å². The molecule has 4 aromatic rings. The molecule has 176 valence electrons. The molecule has 2 aromatic heterocycles. The van der Waals surface area contributed by atoms with Gasteiger partial charge in [-0.05, 0) is 73.1 Å². The number of likely N-dealkylation sites (N-methyl/N-ethyl adjacent to an activating group) is 1. The number of nitrogens with zero attached hydrogens (tertiary/aromatic N) is 4. The van der Waals surface area contributed by atoms with Crippen molar-refractivity contribution in [2.75, 3.05) is 24.2 Å². The normalized spacial score (nSPS) is 15.3. The molecule has 8 nitrogen and oxygen atoms in total. The molecule has 1 unspecified atom stereocenters. The molecule has 0 saturated heterocycles. The van der Waals surface area contributed by atoms with Crippen LogP contribution in [0.2, 0.25) is 0 Å². The van der Waals surface area contributed by atoms with E-state index in [0.717, 1.165) is 46.7 Å². The van der Waals surface area contributed by atoms with E-state index in [1.807, 2.05) is 68.6 Å². The quantitative estimate of drug-likeness (QED) is 0.403. The van der Waals surface area contributed by atoms with Gasteiger partial charge in [-0.1, -0.05) is 12.1 Å². The molecule has 0 aliphatic carbocycles. The number of rotatable bonds is 5. The Morgan fingerprint density at radius 1 is 1.11 bits per heavy atom. The van der Waals surface area contributed by atoms with E-state index in [9.17, 15) is 4.79 Å². The van der Waals surface area contributed by atoms with Crippen LogP contribution in [0.15, 0.2) is 73.2 Å². The van der Waals surface area contributed by atoms with E-state index in [0.29, 0.717) is 17.2 Å². The lowest BCUT2D eigenvalue weighted by atomic mass is 9.94. The van der Waals surface area contributed by atoms with Crippen LogP contribution < -0.4 is 16.4 Å². The molecular formula is C27H27N7O. The van der Waals surface area contributed by atoms with Gasteiger partial charge in [0.05, 0.1) is 5.69 Å². The number of nitrogens with two attached hydrogens (primary N) is 1. The van der Waals surface area contributed by atoms with Gasteiger partial charge >= 0.3 is 0 Å². The van der Waals surface area contributed by atoms with Crippen molar-refractivity contribution in [1.29, 1.82) is 0 Å². The van der Waals surface area contributed by atoms with Crippen molar-refractivity contribution in [2.24, 2.45) is 5.73 Å². The van der Waals surface area contributed by atoms with Crippen LogP contribution in [0, 0.1) is 6.92 Å². The Bertz CT molecular complexity index is 1370. The molecule has 35 heavy (non-hydrogen) atoms. The van der Waals surface area contributed by atoms with Gasteiger partial charge in [-0.15, -0.1) is 0 Å². The summed E-state index contributed by atoms with van der Waals surface area (Å²) in [6.45, 7) is 3.58. The Morgan fingerprint density at radius 2 is 2.00 bits per heavy atom. The first-order valence-electron chi connectivity index (χ1n) is 11.5. The maximum atomic E-state index is 13.0. The highest BCUT2D eigenvalue weighted by molar-refractivity contribution is 6.04. The van der Waals surface area contributed by atoms with Gasteiger partial charge in [0.2, 0.25) is 5.95 Å². The Balaban J connectivity index is 1.34. The van der Waals surface area contributed by atoms with Crippen molar-refractivity contribution in [3.63, 3.8) is 0 Å². The van der Waals surface area contributed by atoms with Gasteiger partial charge in [-0.2, -0.15) is 0 Å². The number of hydrogen-bond donors (Lipinski definition) is 3. The highest BCUT2D eigenvalue weighted by Gasteiger charge is 2.21. The minimum absolute atomic E-state index is 0.0366. The summed E-state index contributed by atoms with van der Waals surface area (Å²) < 4.78 is 0. The third-order valence-corrected chi connectivity index (χ3v) is 6.11. The molecule has 0 spiro atoms. The molecule has 2 aromatic carbocycles. The fourth-order valence-corrected chi connectivity index (χ4v) is 4.29. The van der Waals surface area contributed by atoms with E-state index in [4.69, 9.17) is 5.73 Å². The van der Waals surface area contributed by atoms with Crippen molar-refractivity contribution in [1.82, 2.24) is 19.9 Å². The van der Waals surface area contributed by atoms with Gasteiger partial charge in [0.25, 0.3) is 5.91 Å². The Labute approximate surface area is 204 Å². The Morgan fingerprint density at radius 3 is 2.83 bits per heavy atom. The number of amides is 1. The summed E-state index contributed by atoms with van der Waals surface area (Å²) in [6.07, 6.45) is 5.20. The number of nitrogens with one attached hydrogen (secondary N) is 2. The predicted octanol–water partition coefficient (Wildman–Crippen LogP) is 4.29. The summed E-state index contributed by atoms with van der Waals surface area (Å²) in [5.74, 6) is 0.298. The van der Waals surface area contributed by atoms with E-state index < -0.39 is 0 Å². The van der Waals surface area contributed by atoms with Crippen molar-refractivity contribution in [2.45, 2.75) is 19.5 Å². The fourth-order valence-electron chi connectivity index (χ4n) is 4.29. The second kappa shape index (κ2) is 9.61. The molecular weight excluding hydrogens is 438 g/mol. The van der Waals surface area contributed by atoms with Crippen molar-refractivity contribution in [3.8, 4) is 11.3 Å². The minimum Gasteiger partial charge on any atom is -0.324 e. The summed E-state index contributed by atoms with van der Waals surface area (Å²) in [5, 5.41) is 6.28. The molecule has 3 heterocycles. The van der Waals surface area contributed by atoms with Crippen LogP contribution in [-0.4, -0.2) is 39.4 Å². The lowest BCUT2D eigenvalue weighted by Crippen LogP contribution is -2.34. The average molecular weight is 466 g/mol. The predicted molar refractivity (Wildman–Crippen MR) is 137 cm³/mol. The zero-order valence-corrected chi connectivity index (χ0v) is 19.7. The lowest BCUT2D eigenvalue weighted by molar-refractivity contribution is 0.102. The molecule has 1 aliphatic heterocycles. The van der Waals surface area contributed by atoms with E-state index in [2.05, 4.69) is 30.5 Å². The van der Waals surface area contributed by atoms with Crippen LogP contribution in [-0.2, 0) is 6.54 Å². The maximum Gasteiger partial charge on any atom is 0.255 e. The van der Waals surface area contributed by atoms with Gasteiger partial charge in [0.15, 0.2) is 0 Å². The van der Waals surface area contributed by atoms with Gasteiger partial charge in [-0.25, -0.2) is 9.97 Å². The summed E-state index contributed by atoms with van der Waals surface area (Å²) in [4.78, 5) is 28.3. The molecule has 1 amide bonds. The number of aromatic nitrogens is 3. The highest BCUT2D eigenvalue weighted by Crippen LogP contribution is 2.27. The van der Waals surface area contributed by atoms with Crippen LogP contribution in [0.1, 0.15) is 33.1 Å². The fraction of sp³-hybridized carbons (Fsp3) is 0.185. The smallest absolute Gasteiger partial charge is 0.255 e. The van der Waals surface area contributed by atoms with Gasteiger partial charge in [-0.3, -0.25) is 9.78 Å². The van der Waals surface area contributed by atoms with Gasteiger partial charge in [0.1, 0.15) is 0 Å². The zero-order chi connectivity index (χ0) is 24.4. The van der Waals surface area contributed by atoms with E-state index >= 15 is 0 Å². The van der Waals surface area contributed by atoms with Gasteiger partial charge in [0, 0.05) is 60.2 Å². The Kier molecular flexibility index (Phi) is 6.22.